The van der Waals surface area contributed by atoms with E-state index in [9.17, 15) is 22.8 Å². The lowest BCUT2D eigenvalue weighted by molar-refractivity contribution is -0.122. The fourth-order valence-electron chi connectivity index (χ4n) is 3.09. The zero-order chi connectivity index (χ0) is 25.3. The zero-order valence-electron chi connectivity index (χ0n) is 17.4. The van der Waals surface area contributed by atoms with Crippen LogP contribution in [0.1, 0.15) is 5.56 Å². The van der Waals surface area contributed by atoms with Gasteiger partial charge in [-0.15, -0.1) is 0 Å². The van der Waals surface area contributed by atoms with Gasteiger partial charge in [-0.3, -0.25) is 14.9 Å². The number of rotatable bonds is 5. The highest BCUT2D eigenvalue weighted by Gasteiger charge is 2.36. The second kappa shape index (κ2) is 9.82. The maximum absolute atomic E-state index is 13.0. The summed E-state index contributed by atoms with van der Waals surface area (Å²) in [5.74, 6) is -1.71. The van der Waals surface area contributed by atoms with Crippen LogP contribution in [0.15, 0.2) is 81.7 Å². The molecule has 178 valence electrons. The summed E-state index contributed by atoms with van der Waals surface area (Å²) in [7, 11) is -4.13. The quantitative estimate of drug-likeness (QED) is 0.247. The van der Waals surface area contributed by atoms with Crippen LogP contribution < -0.4 is 14.4 Å². The number of benzene rings is 3. The second-order valence-electron chi connectivity index (χ2n) is 7.12. The highest BCUT2D eigenvalue weighted by molar-refractivity contribution is 9.10. The molecule has 1 aliphatic heterocycles. The van der Waals surface area contributed by atoms with Crippen molar-refractivity contribution >= 4 is 78.9 Å². The molecule has 4 amide bonds. The number of hydrogen-bond donors (Lipinski definition) is 1. The molecule has 1 heterocycles. The summed E-state index contributed by atoms with van der Waals surface area (Å²) in [5, 5.41) is 2.91. The van der Waals surface area contributed by atoms with Gasteiger partial charge in [0.05, 0.1) is 10.2 Å². The normalized spacial score (nSPS) is 15.3. The first-order valence-electron chi connectivity index (χ1n) is 9.72. The van der Waals surface area contributed by atoms with E-state index >= 15 is 0 Å². The molecule has 0 aromatic heterocycles. The predicted octanol–water partition coefficient (Wildman–Crippen LogP) is 5.19. The molecule has 0 bridgehead atoms. The molecule has 3 aromatic rings. The summed E-state index contributed by atoms with van der Waals surface area (Å²) in [4.78, 5) is 38.4. The van der Waals surface area contributed by atoms with Crippen molar-refractivity contribution < 1.29 is 27.0 Å². The molecule has 35 heavy (non-hydrogen) atoms. The standard InChI is InChI=1S/C23H13BrCl2N2O6S/c24-19-12-13(1-10-20(19)34-35(32,33)17-8-4-15(26)5-9-17)11-18-21(29)27-23(31)28(22(18)30)16-6-2-14(25)3-7-16/h1-12H,(H,27,29,31)/b18-11+. The summed E-state index contributed by atoms with van der Waals surface area (Å²) in [5.41, 5.74) is 0.304. The fourth-order valence-corrected chi connectivity index (χ4v) is 4.87. The number of barbiturate groups is 1. The average Bonchev–Trinajstić information content (AvgIpc) is 2.80. The van der Waals surface area contributed by atoms with Crippen LogP contribution >= 0.6 is 39.1 Å². The van der Waals surface area contributed by atoms with Crippen LogP contribution in [0, 0.1) is 0 Å². The molecule has 0 radical (unpaired) electrons. The monoisotopic (exact) mass is 594 g/mol. The maximum atomic E-state index is 13.0. The van der Waals surface area contributed by atoms with E-state index in [1.807, 2.05) is 0 Å². The number of urea groups is 1. The van der Waals surface area contributed by atoms with Crippen molar-refractivity contribution in [1.29, 1.82) is 0 Å². The second-order valence-corrected chi connectivity index (χ2v) is 10.4. The van der Waals surface area contributed by atoms with Crippen molar-refractivity contribution in [3.05, 3.63) is 92.4 Å². The van der Waals surface area contributed by atoms with Crippen LogP contribution in [-0.4, -0.2) is 26.3 Å². The van der Waals surface area contributed by atoms with E-state index in [1.54, 1.807) is 0 Å². The van der Waals surface area contributed by atoms with Gasteiger partial charge in [0.1, 0.15) is 10.5 Å². The number of carbonyl (C=O) groups excluding carboxylic acids is 3. The lowest BCUT2D eigenvalue weighted by atomic mass is 10.1. The summed E-state index contributed by atoms with van der Waals surface area (Å²) in [6.07, 6.45) is 1.27. The molecule has 0 aliphatic carbocycles. The first kappa shape index (κ1) is 24.9. The predicted molar refractivity (Wildman–Crippen MR) is 134 cm³/mol. The van der Waals surface area contributed by atoms with Gasteiger partial charge >= 0.3 is 16.1 Å². The molecule has 3 aromatic carbocycles. The average molecular weight is 596 g/mol. The Morgan fingerprint density at radius 2 is 1.49 bits per heavy atom. The van der Waals surface area contributed by atoms with E-state index in [0.29, 0.717) is 15.6 Å². The Hall–Kier alpha value is -3.18. The Morgan fingerprint density at radius 1 is 0.886 bits per heavy atom. The molecule has 12 heteroatoms. The van der Waals surface area contributed by atoms with Crippen LogP contribution in [0.2, 0.25) is 10.0 Å². The first-order valence-corrected chi connectivity index (χ1v) is 12.7. The lowest BCUT2D eigenvalue weighted by Crippen LogP contribution is -2.54. The van der Waals surface area contributed by atoms with Crippen LogP contribution in [0.25, 0.3) is 6.08 Å². The van der Waals surface area contributed by atoms with Crippen molar-refractivity contribution in [2.24, 2.45) is 0 Å². The number of anilines is 1. The number of nitrogens with zero attached hydrogens (tertiary/aromatic N) is 1. The van der Waals surface area contributed by atoms with Crippen LogP contribution in [-0.2, 0) is 19.7 Å². The largest absolute Gasteiger partial charge is 0.378 e. The molecule has 0 atom stereocenters. The third-order valence-electron chi connectivity index (χ3n) is 4.76. The fraction of sp³-hybridized carbons (Fsp3) is 0. The number of hydrogen-bond acceptors (Lipinski definition) is 6. The van der Waals surface area contributed by atoms with Gasteiger partial charge in [-0.1, -0.05) is 29.3 Å². The van der Waals surface area contributed by atoms with Crippen molar-refractivity contribution in [2.45, 2.75) is 4.90 Å². The van der Waals surface area contributed by atoms with Crippen molar-refractivity contribution in [2.75, 3.05) is 4.90 Å². The smallest absolute Gasteiger partial charge is 0.339 e. The van der Waals surface area contributed by atoms with Crippen molar-refractivity contribution in [3.63, 3.8) is 0 Å². The Morgan fingerprint density at radius 3 is 2.09 bits per heavy atom. The molecular weight excluding hydrogens is 583 g/mol. The van der Waals surface area contributed by atoms with Gasteiger partial charge in [0, 0.05) is 10.0 Å². The first-order chi connectivity index (χ1) is 16.5. The van der Waals surface area contributed by atoms with Crippen LogP contribution in [0.3, 0.4) is 0 Å². The summed E-state index contributed by atoms with van der Waals surface area (Å²) < 4.78 is 30.5. The van der Waals surface area contributed by atoms with E-state index in [1.165, 1.54) is 72.8 Å². The Balaban J connectivity index is 1.61. The highest BCUT2D eigenvalue weighted by Crippen LogP contribution is 2.31. The molecule has 0 saturated carbocycles. The molecule has 1 N–H and O–H groups in total. The van der Waals surface area contributed by atoms with Crippen LogP contribution in [0.4, 0.5) is 10.5 Å². The number of halogens is 3. The summed E-state index contributed by atoms with van der Waals surface area (Å²) in [6.45, 7) is 0. The van der Waals surface area contributed by atoms with E-state index in [2.05, 4.69) is 21.2 Å². The number of amides is 4. The minimum absolute atomic E-state index is 0.0144. The topological polar surface area (TPSA) is 110 Å². The Bertz CT molecular complexity index is 1490. The van der Waals surface area contributed by atoms with Gasteiger partial charge in [-0.2, -0.15) is 8.42 Å². The van der Waals surface area contributed by atoms with Crippen LogP contribution in [0.5, 0.6) is 5.75 Å². The molecule has 4 rings (SSSR count). The number of carbonyl (C=O) groups is 3. The maximum Gasteiger partial charge on any atom is 0.339 e. The van der Waals surface area contributed by atoms with Gasteiger partial charge in [0.2, 0.25) is 0 Å². The molecule has 0 spiro atoms. The Labute approximate surface area is 218 Å². The molecule has 8 nitrogen and oxygen atoms in total. The van der Waals surface area contributed by atoms with E-state index in [0.717, 1.165) is 4.90 Å². The molecule has 1 aliphatic rings. The van der Waals surface area contributed by atoms with Gasteiger partial charge in [-0.05, 0) is 88.2 Å². The van der Waals surface area contributed by atoms with Gasteiger partial charge in [-0.25, -0.2) is 9.69 Å². The lowest BCUT2D eigenvalue weighted by Gasteiger charge is -2.26. The number of nitrogens with one attached hydrogen (secondary N) is 1. The minimum Gasteiger partial charge on any atom is -0.378 e. The molecular formula is C23H13BrCl2N2O6S. The van der Waals surface area contributed by atoms with Crippen molar-refractivity contribution in [3.8, 4) is 5.75 Å². The van der Waals surface area contributed by atoms with Crippen molar-refractivity contribution in [1.82, 2.24) is 5.32 Å². The van der Waals surface area contributed by atoms with E-state index in [4.69, 9.17) is 27.4 Å². The number of imide groups is 2. The third-order valence-corrected chi connectivity index (χ3v) is 7.13. The summed E-state index contributed by atoms with van der Waals surface area (Å²) >= 11 is 14.9. The molecule has 0 unspecified atom stereocenters. The van der Waals surface area contributed by atoms with Gasteiger partial charge in [0.15, 0.2) is 5.75 Å². The summed E-state index contributed by atoms with van der Waals surface area (Å²) in [6, 6.07) is 14.8. The van der Waals surface area contributed by atoms with E-state index < -0.39 is 28.0 Å². The third kappa shape index (κ3) is 5.40. The highest BCUT2D eigenvalue weighted by atomic mass is 79.9. The van der Waals surface area contributed by atoms with Gasteiger partial charge in [0.25, 0.3) is 11.8 Å². The Kier molecular flexibility index (Phi) is 7.00. The molecule has 1 fully saturated rings. The van der Waals surface area contributed by atoms with E-state index in [-0.39, 0.29) is 26.4 Å². The zero-order valence-corrected chi connectivity index (χ0v) is 21.3. The minimum atomic E-state index is -4.13. The SMILES string of the molecule is O=C1NC(=O)N(c2ccc(Cl)cc2)C(=O)/C1=C/c1ccc(OS(=O)(=O)c2ccc(Cl)cc2)c(Br)c1. The molecule has 1 saturated heterocycles. The van der Waals surface area contributed by atoms with Gasteiger partial charge < -0.3 is 4.18 Å².